The Morgan fingerprint density at radius 3 is 2.31 bits per heavy atom. The molecule has 4 nitrogen and oxygen atoms in total. The summed E-state index contributed by atoms with van der Waals surface area (Å²) < 4.78 is 0. The standard InChI is InChI=1S/C31H41NO3/c1-18-8-11-31(17-33)13-12-30(7)25(24(31)19(18)2)21(34)14-23-28(5)15-20(16-32)26(35)27(3,4)22(28)9-10-29(23,30)6/h14-15,17-19,22,24-25H,8-13H2,1-7H3/t18-,19+,22+,24+,25-,28+,29-,30-,31-/m1/s1. The van der Waals surface area contributed by atoms with Crippen molar-refractivity contribution in [2.24, 2.45) is 56.7 Å². The third-order valence-corrected chi connectivity index (χ3v) is 12.5. The van der Waals surface area contributed by atoms with Crippen molar-refractivity contribution < 1.29 is 14.4 Å². The smallest absolute Gasteiger partial charge is 0.178 e. The molecule has 35 heavy (non-hydrogen) atoms. The molecule has 0 aromatic heterocycles. The minimum absolute atomic E-state index is 0.0538. The van der Waals surface area contributed by atoms with Gasteiger partial charge in [-0.1, -0.05) is 60.1 Å². The van der Waals surface area contributed by atoms with Crippen molar-refractivity contribution in [1.29, 1.82) is 5.26 Å². The minimum atomic E-state index is -0.649. The number of hydrogen-bond acceptors (Lipinski definition) is 4. The summed E-state index contributed by atoms with van der Waals surface area (Å²) >= 11 is 0. The fourth-order valence-corrected chi connectivity index (χ4v) is 10.1. The lowest BCUT2D eigenvalue weighted by molar-refractivity contribution is -0.176. The number of nitrogens with zero attached hydrogens (tertiary/aromatic N) is 1. The summed E-state index contributed by atoms with van der Waals surface area (Å²) in [6, 6.07) is 2.17. The Morgan fingerprint density at radius 1 is 1.00 bits per heavy atom. The van der Waals surface area contributed by atoms with Crippen molar-refractivity contribution in [2.45, 2.75) is 87.0 Å². The lowest BCUT2D eigenvalue weighted by atomic mass is 9.34. The maximum atomic E-state index is 14.2. The highest BCUT2D eigenvalue weighted by molar-refractivity contribution is 6.04. The first-order chi connectivity index (χ1) is 16.2. The lowest BCUT2D eigenvalue weighted by Crippen LogP contribution is -2.65. The van der Waals surface area contributed by atoms with Crippen LogP contribution < -0.4 is 0 Å². The molecule has 5 rings (SSSR count). The molecule has 3 fully saturated rings. The van der Waals surface area contributed by atoms with Crippen LogP contribution >= 0.6 is 0 Å². The zero-order chi connectivity index (χ0) is 25.8. The fourth-order valence-electron chi connectivity index (χ4n) is 10.1. The Kier molecular flexibility index (Phi) is 5.12. The van der Waals surface area contributed by atoms with Crippen LogP contribution in [-0.2, 0) is 14.4 Å². The average Bonchev–Trinajstić information content (AvgIpc) is 2.81. The van der Waals surface area contributed by atoms with Gasteiger partial charge in [0.15, 0.2) is 11.6 Å². The quantitative estimate of drug-likeness (QED) is 0.419. The van der Waals surface area contributed by atoms with Crippen LogP contribution in [0.4, 0.5) is 0 Å². The lowest BCUT2D eigenvalue weighted by Gasteiger charge is -2.69. The molecule has 188 valence electrons. The monoisotopic (exact) mass is 475 g/mol. The average molecular weight is 476 g/mol. The van der Waals surface area contributed by atoms with Crippen LogP contribution in [0.3, 0.4) is 0 Å². The number of carbonyl (C=O) groups excluding carboxylic acids is 3. The first-order valence-corrected chi connectivity index (χ1v) is 13.6. The molecule has 0 aromatic rings. The SMILES string of the molecule is C[C@@H]1[C@H]2[C@H]3C(=O)C=C4[C@@]5(C)C=C(C#N)C(=O)C(C)(C)[C@@H]5CC[C@@]4(C)[C@]3(C)CC[C@@]2(C=O)CC[C@H]1C. The van der Waals surface area contributed by atoms with Crippen LogP contribution in [0.2, 0.25) is 0 Å². The molecule has 0 radical (unpaired) electrons. The third-order valence-electron chi connectivity index (χ3n) is 12.5. The summed E-state index contributed by atoms with van der Waals surface area (Å²) in [6.07, 6.45) is 10.5. The summed E-state index contributed by atoms with van der Waals surface area (Å²) in [6.45, 7) is 15.3. The highest BCUT2D eigenvalue weighted by Crippen LogP contribution is 2.74. The molecular weight excluding hydrogens is 434 g/mol. The van der Waals surface area contributed by atoms with Gasteiger partial charge in [0.05, 0.1) is 5.57 Å². The van der Waals surface area contributed by atoms with Crippen molar-refractivity contribution in [3.05, 3.63) is 23.3 Å². The predicted molar refractivity (Wildman–Crippen MR) is 135 cm³/mol. The van der Waals surface area contributed by atoms with E-state index < -0.39 is 10.8 Å². The third kappa shape index (κ3) is 2.76. The second-order valence-corrected chi connectivity index (χ2v) is 14.0. The van der Waals surface area contributed by atoms with E-state index in [2.05, 4.69) is 40.7 Å². The Hall–Kier alpha value is -2.02. The molecule has 0 amide bonds. The first-order valence-electron chi connectivity index (χ1n) is 13.6. The van der Waals surface area contributed by atoms with Crippen LogP contribution in [0.5, 0.6) is 0 Å². The van der Waals surface area contributed by atoms with Gasteiger partial charge in [0.2, 0.25) is 0 Å². The predicted octanol–water partition coefficient (Wildman–Crippen LogP) is 6.26. The van der Waals surface area contributed by atoms with Crippen LogP contribution in [-0.4, -0.2) is 17.9 Å². The fraction of sp³-hybridized carbons (Fsp3) is 0.742. The number of fused-ring (bicyclic) bond motifs is 7. The number of nitriles is 1. The van der Waals surface area contributed by atoms with E-state index in [1.54, 1.807) is 0 Å². The molecule has 9 atom stereocenters. The number of ketones is 2. The summed E-state index contributed by atoms with van der Waals surface area (Å²) in [7, 11) is 0. The maximum Gasteiger partial charge on any atom is 0.178 e. The van der Waals surface area contributed by atoms with E-state index in [9.17, 15) is 19.6 Å². The Balaban J connectivity index is 1.72. The van der Waals surface area contributed by atoms with Gasteiger partial charge in [0.1, 0.15) is 12.4 Å². The van der Waals surface area contributed by atoms with Crippen molar-refractivity contribution >= 4 is 17.9 Å². The number of Topliss-reactive ketones (excluding diaryl/α,β-unsaturated/α-hetero) is 1. The number of rotatable bonds is 1. The van der Waals surface area contributed by atoms with E-state index in [4.69, 9.17) is 0 Å². The Morgan fingerprint density at radius 2 is 1.69 bits per heavy atom. The van der Waals surface area contributed by atoms with Gasteiger partial charge >= 0.3 is 0 Å². The number of carbonyl (C=O) groups is 3. The number of allylic oxidation sites excluding steroid dienone is 4. The molecule has 5 aliphatic rings. The summed E-state index contributed by atoms with van der Waals surface area (Å²) in [5, 5.41) is 9.83. The molecule has 3 saturated carbocycles. The second kappa shape index (κ2) is 7.27. The minimum Gasteiger partial charge on any atom is -0.303 e. The van der Waals surface area contributed by atoms with Gasteiger partial charge in [0.25, 0.3) is 0 Å². The molecule has 0 unspecified atom stereocenters. The largest absolute Gasteiger partial charge is 0.303 e. The van der Waals surface area contributed by atoms with Crippen molar-refractivity contribution in [3.63, 3.8) is 0 Å². The van der Waals surface area contributed by atoms with Gasteiger partial charge < -0.3 is 4.79 Å². The van der Waals surface area contributed by atoms with E-state index in [0.29, 0.717) is 11.8 Å². The van der Waals surface area contributed by atoms with Crippen LogP contribution in [0.1, 0.15) is 87.0 Å². The zero-order valence-corrected chi connectivity index (χ0v) is 22.5. The van der Waals surface area contributed by atoms with Gasteiger partial charge in [-0.05, 0) is 79.1 Å². The van der Waals surface area contributed by atoms with Gasteiger partial charge in [0, 0.05) is 22.2 Å². The maximum absolute atomic E-state index is 14.2. The molecule has 0 aromatic carbocycles. The molecule has 0 bridgehead atoms. The highest BCUT2D eigenvalue weighted by Gasteiger charge is 2.70. The van der Waals surface area contributed by atoms with E-state index in [1.807, 2.05) is 26.0 Å². The summed E-state index contributed by atoms with van der Waals surface area (Å²) in [5.41, 5.74) is -0.669. The topological polar surface area (TPSA) is 75.0 Å². The normalized spacial score (nSPS) is 50.4. The van der Waals surface area contributed by atoms with Crippen LogP contribution in [0, 0.1) is 68.0 Å². The van der Waals surface area contributed by atoms with E-state index in [0.717, 1.165) is 44.1 Å². The summed E-state index contributed by atoms with van der Waals surface area (Å²) in [5.74, 6) is 0.885. The molecule has 0 aliphatic heterocycles. The van der Waals surface area contributed by atoms with Crippen LogP contribution in [0.25, 0.3) is 0 Å². The van der Waals surface area contributed by atoms with E-state index in [-0.39, 0.29) is 51.1 Å². The Bertz CT molecular complexity index is 1120. The second-order valence-electron chi connectivity index (χ2n) is 14.0. The molecule has 0 heterocycles. The molecule has 4 heteroatoms. The van der Waals surface area contributed by atoms with E-state index in [1.165, 1.54) is 6.29 Å². The van der Waals surface area contributed by atoms with E-state index >= 15 is 0 Å². The molecular formula is C31H41NO3. The number of hydrogen-bond donors (Lipinski definition) is 0. The molecule has 0 spiro atoms. The van der Waals surface area contributed by atoms with Crippen molar-refractivity contribution in [1.82, 2.24) is 0 Å². The van der Waals surface area contributed by atoms with Crippen LogP contribution in [0.15, 0.2) is 23.3 Å². The summed E-state index contributed by atoms with van der Waals surface area (Å²) in [4.78, 5) is 40.0. The molecule has 0 saturated heterocycles. The van der Waals surface area contributed by atoms with Crippen molar-refractivity contribution in [2.75, 3.05) is 0 Å². The van der Waals surface area contributed by atoms with Gasteiger partial charge in [-0.3, -0.25) is 9.59 Å². The number of aldehydes is 1. The Labute approximate surface area is 210 Å². The van der Waals surface area contributed by atoms with Gasteiger partial charge in [-0.2, -0.15) is 5.26 Å². The highest BCUT2D eigenvalue weighted by atomic mass is 16.1. The first kappa shape index (κ1) is 24.7. The molecule has 0 N–H and O–H groups in total. The van der Waals surface area contributed by atoms with Gasteiger partial charge in [-0.15, -0.1) is 0 Å². The van der Waals surface area contributed by atoms with Gasteiger partial charge in [-0.25, -0.2) is 0 Å². The van der Waals surface area contributed by atoms with Crippen molar-refractivity contribution in [3.8, 4) is 6.07 Å². The molecule has 5 aliphatic carbocycles. The zero-order valence-electron chi connectivity index (χ0n) is 22.5.